The van der Waals surface area contributed by atoms with E-state index in [-0.39, 0.29) is 4.90 Å². The molecule has 0 unspecified atom stereocenters. The van der Waals surface area contributed by atoms with Gasteiger partial charge in [0.05, 0.1) is 5.69 Å². The number of nitrogens with zero attached hydrogens (tertiary/aromatic N) is 1. The van der Waals surface area contributed by atoms with Gasteiger partial charge in [0.25, 0.3) is 9.05 Å². The fourth-order valence-electron chi connectivity index (χ4n) is 2.12. The van der Waals surface area contributed by atoms with E-state index in [1.165, 1.54) is 11.0 Å². The average molecular weight is 348 g/mol. The SMILES string of the molecule is CC.CC(C)(C)OC(=O)N1CCc2cccc(S(=O)(=O)Cl)c21. The number of hydrogen-bond donors (Lipinski definition) is 0. The number of halogens is 1. The van der Waals surface area contributed by atoms with Crippen LogP contribution in [0.5, 0.6) is 0 Å². The van der Waals surface area contributed by atoms with Crippen LogP contribution in [-0.2, 0) is 20.2 Å². The molecule has 1 aromatic carbocycles. The summed E-state index contributed by atoms with van der Waals surface area (Å²) in [6, 6.07) is 4.79. The summed E-state index contributed by atoms with van der Waals surface area (Å²) >= 11 is 0. The topological polar surface area (TPSA) is 63.7 Å². The Morgan fingerprint density at radius 3 is 2.36 bits per heavy atom. The van der Waals surface area contributed by atoms with Crippen LogP contribution in [-0.4, -0.2) is 26.7 Å². The van der Waals surface area contributed by atoms with Crippen LogP contribution in [0.1, 0.15) is 40.2 Å². The van der Waals surface area contributed by atoms with Gasteiger partial charge >= 0.3 is 6.09 Å². The summed E-state index contributed by atoms with van der Waals surface area (Å²) in [5, 5.41) is 0. The van der Waals surface area contributed by atoms with Gasteiger partial charge in [-0.3, -0.25) is 4.90 Å². The summed E-state index contributed by atoms with van der Waals surface area (Å²) in [4.78, 5) is 13.4. The highest BCUT2D eigenvalue weighted by Gasteiger charge is 2.33. The molecule has 0 saturated heterocycles. The Kier molecular flexibility index (Phi) is 5.87. The first kappa shape index (κ1) is 18.8. The molecule has 7 heteroatoms. The maximum absolute atomic E-state index is 12.2. The second-order valence-corrected chi connectivity index (χ2v) is 8.12. The number of para-hydroxylation sites is 1. The second kappa shape index (κ2) is 6.87. The van der Waals surface area contributed by atoms with E-state index >= 15 is 0 Å². The molecular formula is C15H22ClNO4S. The maximum atomic E-state index is 12.2. The Morgan fingerprint density at radius 2 is 1.86 bits per heavy atom. The van der Waals surface area contributed by atoms with Gasteiger partial charge in [0.1, 0.15) is 10.5 Å². The normalized spacial score (nSPS) is 14.0. The van der Waals surface area contributed by atoms with Gasteiger partial charge in [-0.1, -0.05) is 26.0 Å². The zero-order chi connectivity index (χ0) is 17.1. The molecule has 0 radical (unpaired) electrons. The fourth-order valence-corrected chi connectivity index (χ4v) is 3.20. The van der Waals surface area contributed by atoms with Crippen LogP contribution < -0.4 is 4.90 Å². The van der Waals surface area contributed by atoms with Gasteiger partial charge in [0.15, 0.2) is 0 Å². The van der Waals surface area contributed by atoms with E-state index in [0.29, 0.717) is 18.7 Å². The number of amides is 1. The molecule has 1 aliphatic rings. The molecule has 124 valence electrons. The van der Waals surface area contributed by atoms with Crippen LogP contribution in [0.2, 0.25) is 0 Å². The Hall–Kier alpha value is -1.27. The summed E-state index contributed by atoms with van der Waals surface area (Å²) in [7, 11) is 1.52. The minimum atomic E-state index is -3.92. The van der Waals surface area contributed by atoms with Crippen molar-refractivity contribution in [2.75, 3.05) is 11.4 Å². The van der Waals surface area contributed by atoms with Crippen LogP contribution in [0.15, 0.2) is 23.1 Å². The number of carbonyl (C=O) groups excluding carboxylic acids is 1. The first-order chi connectivity index (χ1) is 10.1. The monoisotopic (exact) mass is 347 g/mol. The summed E-state index contributed by atoms with van der Waals surface area (Å²) in [5.41, 5.74) is 0.462. The highest BCUT2D eigenvalue weighted by atomic mass is 35.7. The smallest absolute Gasteiger partial charge is 0.414 e. The highest BCUT2D eigenvalue weighted by Crippen LogP contribution is 2.36. The van der Waals surface area contributed by atoms with Crippen molar-refractivity contribution in [1.29, 1.82) is 0 Å². The number of benzene rings is 1. The highest BCUT2D eigenvalue weighted by molar-refractivity contribution is 8.13. The molecule has 2 rings (SSSR count). The maximum Gasteiger partial charge on any atom is 0.414 e. The molecule has 22 heavy (non-hydrogen) atoms. The summed E-state index contributed by atoms with van der Waals surface area (Å²) in [6.45, 7) is 9.65. The minimum absolute atomic E-state index is 0.0555. The Bertz CT molecular complexity index is 650. The van der Waals surface area contributed by atoms with Gasteiger partial charge in [0.2, 0.25) is 0 Å². The molecule has 1 amide bonds. The number of hydrogen-bond acceptors (Lipinski definition) is 4. The third kappa shape index (κ3) is 4.36. The molecule has 1 aromatic rings. The quantitative estimate of drug-likeness (QED) is 0.722. The zero-order valence-corrected chi connectivity index (χ0v) is 15.1. The molecule has 5 nitrogen and oxygen atoms in total. The van der Waals surface area contributed by atoms with E-state index in [1.54, 1.807) is 32.9 Å². The fraction of sp³-hybridized carbons (Fsp3) is 0.533. The van der Waals surface area contributed by atoms with E-state index in [9.17, 15) is 13.2 Å². The molecule has 0 bridgehead atoms. The molecule has 1 heterocycles. The number of carbonyl (C=O) groups is 1. The number of anilines is 1. The molecule has 0 saturated carbocycles. The third-order valence-electron chi connectivity index (χ3n) is 2.83. The van der Waals surface area contributed by atoms with Crippen molar-refractivity contribution in [3.8, 4) is 0 Å². The Morgan fingerprint density at radius 1 is 1.27 bits per heavy atom. The van der Waals surface area contributed by atoms with Crippen LogP contribution in [0.4, 0.5) is 10.5 Å². The number of fused-ring (bicyclic) bond motifs is 1. The minimum Gasteiger partial charge on any atom is -0.443 e. The lowest BCUT2D eigenvalue weighted by atomic mass is 10.2. The molecule has 1 aliphatic heterocycles. The van der Waals surface area contributed by atoms with E-state index < -0.39 is 20.7 Å². The largest absolute Gasteiger partial charge is 0.443 e. The van der Waals surface area contributed by atoms with E-state index in [2.05, 4.69) is 0 Å². The first-order valence-electron chi connectivity index (χ1n) is 7.17. The second-order valence-electron chi connectivity index (χ2n) is 5.58. The van der Waals surface area contributed by atoms with Crippen LogP contribution in [0.3, 0.4) is 0 Å². The summed E-state index contributed by atoms with van der Waals surface area (Å²) in [6.07, 6.45) is 0.0125. The lowest BCUT2D eigenvalue weighted by Gasteiger charge is -2.25. The van der Waals surface area contributed by atoms with Crippen molar-refractivity contribution in [2.24, 2.45) is 0 Å². The van der Waals surface area contributed by atoms with E-state index in [4.69, 9.17) is 15.4 Å². The molecule has 0 aromatic heterocycles. The lowest BCUT2D eigenvalue weighted by Crippen LogP contribution is -2.36. The predicted octanol–water partition coefficient (Wildman–Crippen LogP) is 3.94. The van der Waals surface area contributed by atoms with Gasteiger partial charge < -0.3 is 4.74 Å². The predicted molar refractivity (Wildman–Crippen MR) is 88.1 cm³/mol. The Labute approximate surface area is 136 Å². The molecule has 0 N–H and O–H groups in total. The van der Waals surface area contributed by atoms with Crippen molar-refractivity contribution in [1.82, 2.24) is 0 Å². The van der Waals surface area contributed by atoms with Crippen molar-refractivity contribution in [3.63, 3.8) is 0 Å². The van der Waals surface area contributed by atoms with Gasteiger partial charge in [-0.15, -0.1) is 0 Å². The molecule has 0 atom stereocenters. The van der Waals surface area contributed by atoms with Gasteiger partial charge in [-0.2, -0.15) is 0 Å². The molecule has 0 aliphatic carbocycles. The van der Waals surface area contributed by atoms with Gasteiger partial charge in [-0.05, 0) is 38.8 Å². The molecule has 0 spiro atoms. The van der Waals surface area contributed by atoms with Crippen molar-refractivity contribution < 1.29 is 17.9 Å². The summed E-state index contributed by atoms with van der Waals surface area (Å²) < 4.78 is 28.6. The Balaban J connectivity index is 0.00000116. The lowest BCUT2D eigenvalue weighted by molar-refractivity contribution is 0.0583. The van der Waals surface area contributed by atoms with Gasteiger partial charge in [0, 0.05) is 17.2 Å². The van der Waals surface area contributed by atoms with Crippen molar-refractivity contribution >= 4 is 31.5 Å². The third-order valence-corrected chi connectivity index (χ3v) is 4.19. The number of ether oxygens (including phenoxy) is 1. The van der Waals surface area contributed by atoms with Crippen molar-refractivity contribution in [3.05, 3.63) is 23.8 Å². The van der Waals surface area contributed by atoms with E-state index in [1.807, 2.05) is 13.8 Å². The van der Waals surface area contributed by atoms with E-state index in [0.717, 1.165) is 5.56 Å². The molecule has 0 fully saturated rings. The standard InChI is InChI=1S/C13H16ClNO4S.C2H6/c1-13(2,3)19-12(16)15-8-7-9-5-4-6-10(11(9)15)20(14,17)18;1-2/h4-6H,7-8H2,1-3H3;1-2H3. The van der Waals surface area contributed by atoms with Gasteiger partial charge in [-0.25, -0.2) is 13.2 Å². The van der Waals surface area contributed by atoms with Crippen LogP contribution >= 0.6 is 10.7 Å². The number of rotatable bonds is 1. The van der Waals surface area contributed by atoms with Crippen molar-refractivity contribution in [2.45, 2.75) is 51.5 Å². The first-order valence-corrected chi connectivity index (χ1v) is 9.47. The summed E-state index contributed by atoms with van der Waals surface area (Å²) in [5.74, 6) is 0. The van der Waals surface area contributed by atoms with Crippen LogP contribution in [0.25, 0.3) is 0 Å². The van der Waals surface area contributed by atoms with Crippen LogP contribution in [0, 0.1) is 0 Å². The molecular weight excluding hydrogens is 326 g/mol. The average Bonchev–Trinajstić information content (AvgIpc) is 2.81. The zero-order valence-electron chi connectivity index (χ0n) is 13.5.